The molecule has 2 aliphatic rings. The van der Waals surface area contributed by atoms with E-state index in [-0.39, 0.29) is 5.54 Å². The lowest BCUT2D eigenvalue weighted by atomic mass is 10.0. The molecule has 15 heavy (non-hydrogen) atoms. The minimum absolute atomic E-state index is 0.0966. The van der Waals surface area contributed by atoms with Gasteiger partial charge < -0.3 is 15.2 Å². The van der Waals surface area contributed by atoms with Crippen LogP contribution in [0, 0.1) is 6.92 Å². The first-order valence-corrected chi connectivity index (χ1v) is 5.39. The standard InChI is InChI=1S/C12H15NO2/c1-8-6-9(12(13)2-3-12)7-10-11(8)15-5-4-14-10/h6-7H,2-5,13H2,1H3. The summed E-state index contributed by atoms with van der Waals surface area (Å²) in [5.41, 5.74) is 8.39. The first-order valence-electron chi connectivity index (χ1n) is 5.39. The third-order valence-corrected chi connectivity index (χ3v) is 3.19. The molecular weight excluding hydrogens is 190 g/mol. The van der Waals surface area contributed by atoms with Gasteiger partial charge in [-0.1, -0.05) is 6.07 Å². The Morgan fingerprint density at radius 2 is 1.93 bits per heavy atom. The number of nitrogens with two attached hydrogens (primary N) is 1. The van der Waals surface area contributed by atoms with Gasteiger partial charge in [0.25, 0.3) is 0 Å². The molecule has 1 aromatic rings. The highest BCUT2D eigenvalue weighted by Gasteiger charge is 2.40. The quantitative estimate of drug-likeness (QED) is 0.759. The molecule has 1 fully saturated rings. The van der Waals surface area contributed by atoms with E-state index >= 15 is 0 Å². The predicted octanol–water partition coefficient (Wildman–Crippen LogP) is 1.71. The van der Waals surface area contributed by atoms with Gasteiger partial charge in [0.2, 0.25) is 0 Å². The number of hydrogen-bond acceptors (Lipinski definition) is 3. The molecule has 0 bridgehead atoms. The molecule has 0 saturated heterocycles. The summed E-state index contributed by atoms with van der Waals surface area (Å²) in [6, 6.07) is 4.16. The van der Waals surface area contributed by atoms with Crippen molar-refractivity contribution in [1.29, 1.82) is 0 Å². The van der Waals surface area contributed by atoms with Crippen LogP contribution in [0.2, 0.25) is 0 Å². The fourth-order valence-electron chi connectivity index (χ4n) is 2.04. The smallest absolute Gasteiger partial charge is 0.164 e. The Balaban J connectivity index is 2.08. The minimum atomic E-state index is -0.0966. The van der Waals surface area contributed by atoms with Gasteiger partial charge in [0.05, 0.1) is 0 Å². The second-order valence-corrected chi connectivity index (χ2v) is 4.47. The fraction of sp³-hybridized carbons (Fsp3) is 0.500. The molecule has 0 atom stereocenters. The van der Waals surface area contributed by atoms with Gasteiger partial charge in [0.15, 0.2) is 11.5 Å². The first-order chi connectivity index (χ1) is 7.19. The van der Waals surface area contributed by atoms with Crippen LogP contribution in [0.5, 0.6) is 11.5 Å². The fourth-order valence-corrected chi connectivity index (χ4v) is 2.04. The lowest BCUT2D eigenvalue weighted by molar-refractivity contribution is 0.170. The molecular formula is C12H15NO2. The van der Waals surface area contributed by atoms with Crippen LogP contribution in [-0.4, -0.2) is 13.2 Å². The molecule has 0 radical (unpaired) electrons. The number of aryl methyl sites for hydroxylation is 1. The van der Waals surface area contributed by atoms with Crippen molar-refractivity contribution in [2.24, 2.45) is 5.73 Å². The van der Waals surface area contributed by atoms with E-state index < -0.39 is 0 Å². The second kappa shape index (κ2) is 2.89. The van der Waals surface area contributed by atoms with Crippen molar-refractivity contribution >= 4 is 0 Å². The number of ether oxygens (including phenoxy) is 2. The van der Waals surface area contributed by atoms with E-state index in [2.05, 4.69) is 6.07 Å². The third-order valence-electron chi connectivity index (χ3n) is 3.19. The van der Waals surface area contributed by atoms with Crippen LogP contribution in [0.1, 0.15) is 24.0 Å². The summed E-state index contributed by atoms with van der Waals surface area (Å²) in [5, 5.41) is 0. The summed E-state index contributed by atoms with van der Waals surface area (Å²) in [7, 11) is 0. The summed E-state index contributed by atoms with van der Waals surface area (Å²) in [6.45, 7) is 3.32. The highest BCUT2D eigenvalue weighted by molar-refractivity contribution is 5.52. The Kier molecular flexibility index (Phi) is 1.74. The van der Waals surface area contributed by atoms with Gasteiger partial charge in [0, 0.05) is 5.54 Å². The number of benzene rings is 1. The zero-order valence-electron chi connectivity index (χ0n) is 8.88. The molecule has 1 saturated carbocycles. The SMILES string of the molecule is Cc1cc(C2(N)CC2)cc2c1OCCO2. The number of hydrogen-bond donors (Lipinski definition) is 1. The van der Waals surface area contributed by atoms with E-state index in [0.29, 0.717) is 13.2 Å². The molecule has 0 spiro atoms. The summed E-state index contributed by atoms with van der Waals surface area (Å²) >= 11 is 0. The molecule has 0 amide bonds. The maximum absolute atomic E-state index is 6.17. The Labute approximate surface area is 89.2 Å². The number of rotatable bonds is 1. The molecule has 3 nitrogen and oxygen atoms in total. The molecule has 1 aliphatic carbocycles. The lowest BCUT2D eigenvalue weighted by Gasteiger charge is -2.22. The van der Waals surface area contributed by atoms with Crippen LogP contribution < -0.4 is 15.2 Å². The van der Waals surface area contributed by atoms with Gasteiger partial charge in [-0.05, 0) is 37.0 Å². The second-order valence-electron chi connectivity index (χ2n) is 4.47. The van der Waals surface area contributed by atoms with E-state index in [1.165, 1.54) is 5.56 Å². The van der Waals surface area contributed by atoms with Crippen LogP contribution in [-0.2, 0) is 5.54 Å². The van der Waals surface area contributed by atoms with Crippen molar-refractivity contribution in [3.05, 3.63) is 23.3 Å². The Morgan fingerprint density at radius 1 is 1.20 bits per heavy atom. The zero-order chi connectivity index (χ0) is 10.5. The van der Waals surface area contributed by atoms with Crippen molar-refractivity contribution in [2.45, 2.75) is 25.3 Å². The largest absolute Gasteiger partial charge is 0.486 e. The third kappa shape index (κ3) is 1.38. The molecule has 80 valence electrons. The number of fused-ring (bicyclic) bond motifs is 1. The van der Waals surface area contributed by atoms with E-state index in [1.807, 2.05) is 13.0 Å². The maximum atomic E-state index is 6.17. The van der Waals surface area contributed by atoms with E-state index in [4.69, 9.17) is 15.2 Å². The Hall–Kier alpha value is -1.22. The molecule has 2 N–H and O–H groups in total. The zero-order valence-corrected chi connectivity index (χ0v) is 8.88. The molecule has 0 aromatic heterocycles. The molecule has 3 heteroatoms. The first kappa shape index (κ1) is 9.04. The van der Waals surface area contributed by atoms with Gasteiger partial charge in [0.1, 0.15) is 13.2 Å². The Morgan fingerprint density at radius 3 is 2.67 bits per heavy atom. The van der Waals surface area contributed by atoms with Gasteiger partial charge in [-0.25, -0.2) is 0 Å². The van der Waals surface area contributed by atoms with Crippen LogP contribution >= 0.6 is 0 Å². The summed E-state index contributed by atoms with van der Waals surface area (Å²) in [6.07, 6.45) is 2.15. The van der Waals surface area contributed by atoms with Crippen LogP contribution in [0.3, 0.4) is 0 Å². The van der Waals surface area contributed by atoms with Crippen LogP contribution in [0.25, 0.3) is 0 Å². The summed E-state index contributed by atoms with van der Waals surface area (Å²) in [4.78, 5) is 0. The molecule has 1 aromatic carbocycles. The monoisotopic (exact) mass is 205 g/mol. The predicted molar refractivity (Wildman–Crippen MR) is 57.3 cm³/mol. The topological polar surface area (TPSA) is 44.5 Å². The minimum Gasteiger partial charge on any atom is -0.486 e. The lowest BCUT2D eigenvalue weighted by Crippen LogP contribution is -2.21. The van der Waals surface area contributed by atoms with Crippen molar-refractivity contribution in [3.63, 3.8) is 0 Å². The van der Waals surface area contributed by atoms with Crippen molar-refractivity contribution in [3.8, 4) is 11.5 Å². The normalized spacial score (nSPS) is 21.2. The van der Waals surface area contributed by atoms with Crippen LogP contribution in [0.4, 0.5) is 0 Å². The summed E-state index contributed by atoms with van der Waals surface area (Å²) in [5.74, 6) is 1.74. The van der Waals surface area contributed by atoms with Gasteiger partial charge in [-0.2, -0.15) is 0 Å². The van der Waals surface area contributed by atoms with Gasteiger partial charge in [-0.15, -0.1) is 0 Å². The summed E-state index contributed by atoms with van der Waals surface area (Å²) < 4.78 is 11.2. The average molecular weight is 205 g/mol. The highest BCUT2D eigenvalue weighted by Crippen LogP contribution is 2.46. The van der Waals surface area contributed by atoms with E-state index in [9.17, 15) is 0 Å². The molecule has 3 rings (SSSR count). The van der Waals surface area contributed by atoms with Gasteiger partial charge in [-0.3, -0.25) is 0 Å². The van der Waals surface area contributed by atoms with E-state index in [0.717, 1.165) is 29.9 Å². The Bertz CT molecular complexity index is 410. The van der Waals surface area contributed by atoms with Crippen molar-refractivity contribution in [1.82, 2.24) is 0 Å². The maximum Gasteiger partial charge on any atom is 0.164 e. The average Bonchev–Trinajstić information content (AvgIpc) is 2.98. The molecule has 1 heterocycles. The van der Waals surface area contributed by atoms with Crippen molar-refractivity contribution in [2.75, 3.05) is 13.2 Å². The molecule has 0 unspecified atom stereocenters. The van der Waals surface area contributed by atoms with Crippen LogP contribution in [0.15, 0.2) is 12.1 Å². The van der Waals surface area contributed by atoms with E-state index in [1.54, 1.807) is 0 Å². The molecule has 1 aliphatic heterocycles. The highest BCUT2D eigenvalue weighted by atomic mass is 16.6. The van der Waals surface area contributed by atoms with Gasteiger partial charge >= 0.3 is 0 Å². The van der Waals surface area contributed by atoms with Crippen molar-refractivity contribution < 1.29 is 9.47 Å².